The van der Waals surface area contributed by atoms with Gasteiger partial charge in [-0.3, -0.25) is 4.57 Å². The van der Waals surface area contributed by atoms with Crippen LogP contribution >= 0.6 is 6.89 Å². The highest BCUT2D eigenvalue weighted by molar-refractivity contribution is 7.72. The lowest BCUT2D eigenvalue weighted by Crippen LogP contribution is -2.31. The monoisotopic (exact) mass is 411 g/mol. The SMILES string of the molecule is C=P(C)(C)CC[C@H]1OC(n2cnc3c(OCCCC)nc(N)nc32)C(O)[C@@H]1O. The average molecular weight is 411 g/mol. The minimum Gasteiger partial charge on any atom is -0.476 e. The van der Waals surface area contributed by atoms with Crippen LogP contribution < -0.4 is 10.5 Å². The molecule has 1 saturated heterocycles. The number of hydrogen-bond acceptors (Lipinski definition) is 8. The van der Waals surface area contributed by atoms with Crippen LogP contribution in [0.25, 0.3) is 11.2 Å². The number of hydrogen-bond donors (Lipinski definition) is 3. The van der Waals surface area contributed by atoms with Crippen molar-refractivity contribution in [2.24, 2.45) is 0 Å². The van der Waals surface area contributed by atoms with Gasteiger partial charge in [0.1, 0.15) is 12.2 Å². The summed E-state index contributed by atoms with van der Waals surface area (Å²) < 4.78 is 13.3. The lowest BCUT2D eigenvalue weighted by Gasteiger charge is -2.18. The molecule has 10 heteroatoms. The van der Waals surface area contributed by atoms with Crippen molar-refractivity contribution in [2.45, 2.75) is 50.7 Å². The van der Waals surface area contributed by atoms with E-state index in [1.165, 1.54) is 6.33 Å². The van der Waals surface area contributed by atoms with Gasteiger partial charge in [-0.15, -0.1) is 13.2 Å². The summed E-state index contributed by atoms with van der Waals surface area (Å²) in [5.74, 6) is 0.358. The molecule has 0 aliphatic carbocycles. The number of imidazole rings is 1. The summed E-state index contributed by atoms with van der Waals surface area (Å²) in [7, 11) is 0. The van der Waals surface area contributed by atoms with Crippen LogP contribution in [0, 0.1) is 0 Å². The Hall–Kier alpha value is -1.67. The van der Waals surface area contributed by atoms with E-state index >= 15 is 0 Å². The van der Waals surface area contributed by atoms with E-state index < -0.39 is 31.4 Å². The molecule has 4 N–H and O–H groups in total. The zero-order valence-electron chi connectivity index (χ0n) is 16.7. The summed E-state index contributed by atoms with van der Waals surface area (Å²) in [6.07, 6.45) is 5.69. The summed E-state index contributed by atoms with van der Waals surface area (Å²) in [6, 6.07) is 0. The fraction of sp³-hybridized carbons (Fsp3) is 0.667. The van der Waals surface area contributed by atoms with Crippen molar-refractivity contribution in [1.82, 2.24) is 19.5 Å². The Bertz CT molecular complexity index is 867. The Morgan fingerprint density at radius 3 is 2.75 bits per heavy atom. The fourth-order valence-electron chi connectivity index (χ4n) is 3.18. The number of aliphatic hydroxyl groups is 2. The van der Waals surface area contributed by atoms with E-state index in [0.717, 1.165) is 19.0 Å². The highest BCUT2D eigenvalue weighted by Gasteiger charge is 2.44. The molecule has 0 radical (unpaired) electrons. The van der Waals surface area contributed by atoms with Crippen LogP contribution in [0.15, 0.2) is 6.33 Å². The van der Waals surface area contributed by atoms with Crippen LogP contribution in [0.3, 0.4) is 0 Å². The molecule has 9 nitrogen and oxygen atoms in total. The van der Waals surface area contributed by atoms with Gasteiger partial charge < -0.3 is 25.4 Å². The molecule has 2 unspecified atom stereocenters. The molecular weight excluding hydrogens is 381 g/mol. The smallest absolute Gasteiger partial charge is 0.247 e. The Balaban J connectivity index is 1.86. The van der Waals surface area contributed by atoms with Gasteiger partial charge in [-0.25, -0.2) is 4.98 Å². The van der Waals surface area contributed by atoms with Crippen molar-refractivity contribution in [3.8, 4) is 5.88 Å². The fourth-order valence-corrected chi connectivity index (χ4v) is 4.13. The van der Waals surface area contributed by atoms with Gasteiger partial charge >= 0.3 is 0 Å². The molecule has 1 aliphatic rings. The molecule has 1 aliphatic heterocycles. The van der Waals surface area contributed by atoms with Gasteiger partial charge in [0.2, 0.25) is 11.8 Å². The van der Waals surface area contributed by atoms with Gasteiger partial charge in [-0.2, -0.15) is 9.97 Å². The second kappa shape index (κ2) is 8.37. The van der Waals surface area contributed by atoms with Gasteiger partial charge in [0.05, 0.1) is 19.0 Å². The van der Waals surface area contributed by atoms with Crippen molar-refractivity contribution in [3.63, 3.8) is 0 Å². The summed E-state index contributed by atoms with van der Waals surface area (Å²) in [5, 5.41) is 21.0. The maximum Gasteiger partial charge on any atom is 0.247 e. The molecule has 3 rings (SSSR count). The number of aromatic nitrogens is 4. The number of nitrogens with two attached hydrogens (primary N) is 1. The van der Waals surface area contributed by atoms with Gasteiger partial charge in [0.15, 0.2) is 17.4 Å². The largest absolute Gasteiger partial charge is 0.476 e. The third-order valence-electron chi connectivity index (χ3n) is 4.77. The Kier molecular flexibility index (Phi) is 6.29. The first-order valence-corrected chi connectivity index (χ1v) is 12.6. The van der Waals surface area contributed by atoms with Gasteiger partial charge in [0, 0.05) is 0 Å². The van der Waals surface area contributed by atoms with Gasteiger partial charge in [0.25, 0.3) is 0 Å². The maximum absolute atomic E-state index is 10.6. The minimum absolute atomic E-state index is 0.0499. The molecule has 2 aromatic rings. The lowest BCUT2D eigenvalue weighted by molar-refractivity contribution is -0.0353. The maximum atomic E-state index is 10.6. The molecule has 28 heavy (non-hydrogen) atoms. The summed E-state index contributed by atoms with van der Waals surface area (Å²) >= 11 is 0. The molecule has 3 heterocycles. The van der Waals surface area contributed by atoms with Crippen LogP contribution in [-0.2, 0) is 4.74 Å². The lowest BCUT2D eigenvalue weighted by atomic mass is 10.1. The predicted molar refractivity (Wildman–Crippen MR) is 111 cm³/mol. The standard InChI is InChI=1S/C18H30N5O4P/c1-5-6-8-26-16-12-15(21-18(19)22-16)23(10-20-12)17-14(25)13(24)11(27-17)7-9-28(2,3)4/h10-11,13-14,17,24-25H,2,5-9H2,1,3-4H3,(H2,19,21,22)/t11-,13-,14?,17?/m1/s1. The summed E-state index contributed by atoms with van der Waals surface area (Å²) in [6.45, 7) is 5.58. The van der Waals surface area contributed by atoms with E-state index in [0.29, 0.717) is 30.1 Å². The van der Waals surface area contributed by atoms with Crippen LogP contribution in [0.5, 0.6) is 5.88 Å². The minimum atomic E-state index is -1.26. The Morgan fingerprint density at radius 2 is 2.07 bits per heavy atom. The van der Waals surface area contributed by atoms with Crippen LogP contribution in [0.2, 0.25) is 0 Å². The molecule has 156 valence electrons. The molecule has 0 bridgehead atoms. The predicted octanol–water partition coefficient (Wildman–Crippen LogP) is 1.31. The molecule has 0 amide bonds. The van der Waals surface area contributed by atoms with Gasteiger partial charge in [-0.1, -0.05) is 13.3 Å². The number of anilines is 1. The molecular formula is C18H30N5O4P. The van der Waals surface area contributed by atoms with E-state index in [1.807, 2.05) is 0 Å². The molecule has 0 saturated carbocycles. The van der Waals surface area contributed by atoms with Crippen molar-refractivity contribution in [3.05, 3.63) is 6.33 Å². The topological polar surface area (TPSA) is 129 Å². The molecule has 0 aromatic carbocycles. The summed E-state index contributed by atoms with van der Waals surface area (Å²) in [4.78, 5) is 12.7. The number of aliphatic hydroxyl groups excluding tert-OH is 2. The van der Waals surface area contributed by atoms with E-state index in [1.54, 1.807) is 4.57 Å². The van der Waals surface area contributed by atoms with Crippen molar-refractivity contribution >= 4 is 30.3 Å². The number of rotatable bonds is 8. The third-order valence-corrected chi connectivity index (χ3v) is 6.24. The Labute approximate surface area is 164 Å². The first kappa shape index (κ1) is 21.0. The average Bonchev–Trinajstić information content (AvgIpc) is 3.15. The van der Waals surface area contributed by atoms with Crippen LogP contribution in [-0.4, -0.2) is 80.4 Å². The third kappa shape index (κ3) is 4.49. The van der Waals surface area contributed by atoms with Crippen LogP contribution in [0.1, 0.15) is 32.4 Å². The number of fused-ring (bicyclic) bond motifs is 1. The normalized spacial score (nSPS) is 25.5. The highest BCUT2D eigenvalue weighted by Crippen LogP contribution is 2.40. The molecule has 0 spiro atoms. The highest BCUT2D eigenvalue weighted by atomic mass is 31.2. The zero-order valence-corrected chi connectivity index (χ0v) is 17.5. The van der Waals surface area contributed by atoms with Crippen LogP contribution in [0.4, 0.5) is 5.95 Å². The van der Waals surface area contributed by atoms with Gasteiger partial charge in [-0.05, 0) is 32.3 Å². The molecule has 2 aromatic heterocycles. The molecule has 4 atom stereocenters. The summed E-state index contributed by atoms with van der Waals surface area (Å²) in [5.41, 5.74) is 6.69. The zero-order chi connectivity index (χ0) is 20.5. The van der Waals surface area contributed by atoms with E-state index in [4.69, 9.17) is 15.2 Å². The van der Waals surface area contributed by atoms with E-state index in [2.05, 4.69) is 41.5 Å². The van der Waals surface area contributed by atoms with Crippen molar-refractivity contribution < 1.29 is 19.7 Å². The molecule has 1 fully saturated rings. The number of ether oxygens (including phenoxy) is 2. The number of unbranched alkanes of at least 4 members (excludes halogenated alkanes) is 1. The second-order valence-electron chi connectivity index (χ2n) is 7.91. The van der Waals surface area contributed by atoms with E-state index in [-0.39, 0.29) is 5.95 Å². The van der Waals surface area contributed by atoms with Crippen molar-refractivity contribution in [2.75, 3.05) is 31.8 Å². The number of nitrogen functional groups attached to an aromatic ring is 1. The van der Waals surface area contributed by atoms with Crippen molar-refractivity contribution in [1.29, 1.82) is 0 Å². The quantitative estimate of drug-likeness (QED) is 0.438. The Morgan fingerprint density at radius 1 is 1.32 bits per heavy atom. The first-order chi connectivity index (χ1) is 13.2. The second-order valence-corrected chi connectivity index (χ2v) is 12.2. The van der Waals surface area contributed by atoms with E-state index in [9.17, 15) is 10.2 Å². The first-order valence-electron chi connectivity index (χ1n) is 9.53. The number of nitrogens with zero attached hydrogens (tertiary/aromatic N) is 4.